The van der Waals surface area contributed by atoms with E-state index < -0.39 is 0 Å². The highest BCUT2D eigenvalue weighted by molar-refractivity contribution is 5.76. The van der Waals surface area contributed by atoms with Crippen molar-refractivity contribution < 1.29 is 5.11 Å². The van der Waals surface area contributed by atoms with Crippen LogP contribution in [0.25, 0.3) is 11.0 Å². The number of aryl methyl sites for hydroxylation is 2. The maximum absolute atomic E-state index is 9.23. The van der Waals surface area contributed by atoms with Crippen molar-refractivity contribution in [1.82, 2.24) is 9.55 Å². The average Bonchev–Trinajstić information content (AvgIpc) is 2.56. The van der Waals surface area contributed by atoms with Gasteiger partial charge in [0.25, 0.3) is 0 Å². The van der Waals surface area contributed by atoms with Gasteiger partial charge in [0.2, 0.25) is 0 Å². The third kappa shape index (κ3) is 1.75. The number of hydrogen-bond donors (Lipinski definition) is 1. The normalized spacial score (nSPS) is 11.1. The minimum atomic E-state index is 0.00767. The molecule has 0 saturated carbocycles. The van der Waals surface area contributed by atoms with Gasteiger partial charge in [-0.2, -0.15) is 0 Å². The van der Waals surface area contributed by atoms with Gasteiger partial charge in [0.1, 0.15) is 12.4 Å². The predicted molar refractivity (Wildman–Crippen MR) is 60.7 cm³/mol. The van der Waals surface area contributed by atoms with Crippen LogP contribution in [0.15, 0.2) is 18.2 Å². The van der Waals surface area contributed by atoms with Crippen molar-refractivity contribution in [2.75, 3.05) is 0 Å². The van der Waals surface area contributed by atoms with E-state index in [1.54, 1.807) is 0 Å². The number of fused-ring (bicyclic) bond motifs is 1. The number of aliphatic hydroxyl groups is 1. The minimum absolute atomic E-state index is 0.00767. The van der Waals surface area contributed by atoms with Crippen LogP contribution in [0.2, 0.25) is 0 Å². The first-order valence-corrected chi connectivity index (χ1v) is 5.33. The van der Waals surface area contributed by atoms with E-state index in [0.29, 0.717) is 0 Å². The maximum atomic E-state index is 9.23. The first-order chi connectivity index (χ1) is 7.26. The molecule has 0 saturated heterocycles. The summed E-state index contributed by atoms with van der Waals surface area (Å²) in [6.07, 6.45) is 1.05. The summed E-state index contributed by atoms with van der Waals surface area (Å²) in [5, 5.41) is 9.23. The molecule has 0 radical (unpaired) electrons. The molecular weight excluding hydrogens is 188 g/mol. The Morgan fingerprint density at radius 2 is 2.20 bits per heavy atom. The van der Waals surface area contributed by atoms with Crippen molar-refractivity contribution >= 4 is 11.0 Å². The molecule has 0 aliphatic heterocycles. The molecule has 1 aromatic heterocycles. The van der Waals surface area contributed by atoms with Crippen molar-refractivity contribution in [3.05, 3.63) is 29.6 Å². The number of nitrogens with zero attached hydrogens (tertiary/aromatic N) is 2. The van der Waals surface area contributed by atoms with Crippen molar-refractivity contribution in [2.45, 2.75) is 33.4 Å². The molecule has 3 heteroatoms. The van der Waals surface area contributed by atoms with E-state index in [4.69, 9.17) is 0 Å². The van der Waals surface area contributed by atoms with Gasteiger partial charge in [0.05, 0.1) is 11.0 Å². The Hall–Kier alpha value is -1.35. The van der Waals surface area contributed by atoms with Crippen LogP contribution < -0.4 is 0 Å². The summed E-state index contributed by atoms with van der Waals surface area (Å²) in [5.74, 6) is 0.762. The Balaban J connectivity index is 2.63. The Kier molecular flexibility index (Phi) is 2.73. The fourth-order valence-corrected chi connectivity index (χ4v) is 1.88. The molecule has 1 aromatic carbocycles. The molecule has 2 aromatic rings. The SMILES string of the molecule is CCCn1c(CO)nc2cc(C)ccc21. The Morgan fingerprint density at radius 1 is 1.40 bits per heavy atom. The third-order valence-corrected chi connectivity index (χ3v) is 2.57. The van der Waals surface area contributed by atoms with E-state index in [1.807, 2.05) is 0 Å². The molecule has 0 aliphatic rings. The van der Waals surface area contributed by atoms with E-state index in [-0.39, 0.29) is 6.61 Å². The number of hydrogen-bond acceptors (Lipinski definition) is 2. The lowest BCUT2D eigenvalue weighted by molar-refractivity contribution is 0.265. The van der Waals surface area contributed by atoms with E-state index in [0.717, 1.165) is 29.8 Å². The van der Waals surface area contributed by atoms with Crippen molar-refractivity contribution in [3.8, 4) is 0 Å². The van der Waals surface area contributed by atoms with Gasteiger partial charge in [0, 0.05) is 6.54 Å². The summed E-state index contributed by atoms with van der Waals surface area (Å²) >= 11 is 0. The first-order valence-electron chi connectivity index (χ1n) is 5.33. The van der Waals surface area contributed by atoms with Gasteiger partial charge in [-0.05, 0) is 31.0 Å². The van der Waals surface area contributed by atoms with Crippen LogP contribution in [-0.4, -0.2) is 14.7 Å². The zero-order valence-electron chi connectivity index (χ0n) is 9.20. The summed E-state index contributed by atoms with van der Waals surface area (Å²) in [4.78, 5) is 4.42. The summed E-state index contributed by atoms with van der Waals surface area (Å²) in [5.41, 5.74) is 3.30. The van der Waals surface area contributed by atoms with Crippen molar-refractivity contribution in [2.24, 2.45) is 0 Å². The smallest absolute Gasteiger partial charge is 0.135 e. The fraction of sp³-hybridized carbons (Fsp3) is 0.417. The molecule has 1 N–H and O–H groups in total. The Labute approximate surface area is 89.4 Å². The number of aliphatic hydroxyl groups excluding tert-OH is 1. The molecule has 15 heavy (non-hydrogen) atoms. The topological polar surface area (TPSA) is 38.0 Å². The number of rotatable bonds is 3. The Bertz CT molecular complexity index is 474. The van der Waals surface area contributed by atoms with Gasteiger partial charge < -0.3 is 9.67 Å². The van der Waals surface area contributed by atoms with Crippen LogP contribution in [0.3, 0.4) is 0 Å². The summed E-state index contributed by atoms with van der Waals surface area (Å²) in [6, 6.07) is 6.21. The van der Waals surface area contributed by atoms with Crippen LogP contribution in [0.1, 0.15) is 24.7 Å². The van der Waals surface area contributed by atoms with Gasteiger partial charge >= 0.3 is 0 Å². The second-order valence-electron chi connectivity index (χ2n) is 3.83. The second-order valence-corrected chi connectivity index (χ2v) is 3.83. The van der Waals surface area contributed by atoms with E-state index >= 15 is 0 Å². The highest BCUT2D eigenvalue weighted by Crippen LogP contribution is 2.18. The van der Waals surface area contributed by atoms with Crippen LogP contribution in [0.4, 0.5) is 0 Å². The monoisotopic (exact) mass is 204 g/mol. The molecule has 0 unspecified atom stereocenters. The lowest BCUT2D eigenvalue weighted by Crippen LogP contribution is -2.02. The average molecular weight is 204 g/mol. The molecule has 0 aliphatic carbocycles. The molecule has 0 atom stereocenters. The van der Waals surface area contributed by atoms with Crippen molar-refractivity contribution in [3.63, 3.8) is 0 Å². The van der Waals surface area contributed by atoms with Gasteiger partial charge in [0.15, 0.2) is 0 Å². The Morgan fingerprint density at radius 3 is 2.87 bits per heavy atom. The largest absolute Gasteiger partial charge is 0.388 e. The standard InChI is InChI=1S/C12H16N2O/c1-3-6-14-11-5-4-9(2)7-10(11)13-12(14)8-15/h4-5,7,15H,3,6,8H2,1-2H3. The summed E-state index contributed by atoms with van der Waals surface area (Å²) in [6.45, 7) is 5.10. The molecule has 1 heterocycles. The maximum Gasteiger partial charge on any atom is 0.135 e. The molecule has 2 rings (SSSR count). The van der Waals surface area contributed by atoms with E-state index in [2.05, 4.69) is 41.6 Å². The molecule has 3 nitrogen and oxygen atoms in total. The summed E-state index contributed by atoms with van der Waals surface area (Å²) in [7, 11) is 0. The van der Waals surface area contributed by atoms with Crippen LogP contribution in [0, 0.1) is 6.92 Å². The van der Waals surface area contributed by atoms with Crippen LogP contribution >= 0.6 is 0 Å². The van der Waals surface area contributed by atoms with Gasteiger partial charge in [-0.1, -0.05) is 13.0 Å². The molecule has 0 bridgehead atoms. The molecular formula is C12H16N2O. The lowest BCUT2D eigenvalue weighted by Gasteiger charge is -2.05. The number of imidazole rings is 1. The third-order valence-electron chi connectivity index (χ3n) is 2.57. The quantitative estimate of drug-likeness (QED) is 0.832. The van der Waals surface area contributed by atoms with Crippen molar-refractivity contribution in [1.29, 1.82) is 0 Å². The van der Waals surface area contributed by atoms with Gasteiger partial charge in [-0.3, -0.25) is 0 Å². The lowest BCUT2D eigenvalue weighted by atomic mass is 10.2. The minimum Gasteiger partial charge on any atom is -0.388 e. The second kappa shape index (κ2) is 4.03. The number of aromatic nitrogens is 2. The van der Waals surface area contributed by atoms with E-state index in [9.17, 15) is 5.11 Å². The van der Waals surface area contributed by atoms with Gasteiger partial charge in [-0.25, -0.2) is 4.98 Å². The van der Waals surface area contributed by atoms with Crippen LogP contribution in [-0.2, 0) is 13.2 Å². The molecule has 0 amide bonds. The summed E-state index contributed by atoms with van der Waals surface area (Å²) < 4.78 is 2.09. The van der Waals surface area contributed by atoms with Gasteiger partial charge in [-0.15, -0.1) is 0 Å². The fourth-order valence-electron chi connectivity index (χ4n) is 1.88. The van der Waals surface area contributed by atoms with E-state index in [1.165, 1.54) is 5.56 Å². The zero-order chi connectivity index (χ0) is 10.8. The molecule has 0 fully saturated rings. The first kappa shape index (κ1) is 10.2. The highest BCUT2D eigenvalue weighted by atomic mass is 16.3. The highest BCUT2D eigenvalue weighted by Gasteiger charge is 2.08. The molecule has 80 valence electrons. The van der Waals surface area contributed by atoms with Crippen LogP contribution in [0.5, 0.6) is 0 Å². The predicted octanol–water partition coefficient (Wildman–Crippen LogP) is 2.25. The number of benzene rings is 1. The zero-order valence-corrected chi connectivity index (χ0v) is 9.20. The molecule has 0 spiro atoms.